The Labute approximate surface area is 421 Å². The van der Waals surface area contributed by atoms with Crippen LogP contribution in [0.15, 0.2) is 149 Å². The maximum Gasteiger partial charge on any atom is 0.336 e. The van der Waals surface area contributed by atoms with Crippen LogP contribution < -0.4 is 0 Å². The lowest BCUT2D eigenvalue weighted by Gasteiger charge is -2.38. The number of benzene rings is 5. The van der Waals surface area contributed by atoms with Gasteiger partial charge in [0.05, 0.1) is 68.1 Å². The molecule has 1 unspecified atom stereocenters. The van der Waals surface area contributed by atoms with E-state index in [1.54, 1.807) is 73.7 Å². The molecule has 10 rings (SSSR count). The summed E-state index contributed by atoms with van der Waals surface area (Å²) in [6.07, 6.45) is -0.531. The van der Waals surface area contributed by atoms with Crippen LogP contribution in [-0.4, -0.2) is 110 Å². The molecule has 0 N–H and O–H groups in total. The molecule has 5 aromatic carbocycles. The lowest BCUT2D eigenvalue weighted by Crippen LogP contribution is -2.53. The third kappa shape index (κ3) is 7.90. The van der Waals surface area contributed by atoms with Gasteiger partial charge in [-0.2, -0.15) is 5.06 Å². The number of allylic oxidation sites excluding steroid dienone is 3. The van der Waals surface area contributed by atoms with E-state index in [4.69, 9.17) is 9.57 Å². The van der Waals surface area contributed by atoms with Gasteiger partial charge in [-0.15, -0.1) is 11.8 Å². The summed E-state index contributed by atoms with van der Waals surface area (Å²) in [5.41, 5.74) is 1.16. The zero-order valence-corrected chi connectivity index (χ0v) is 40.0. The van der Waals surface area contributed by atoms with E-state index in [2.05, 4.69) is 0 Å². The van der Waals surface area contributed by atoms with Crippen molar-refractivity contribution in [2.45, 2.75) is 62.2 Å². The van der Waals surface area contributed by atoms with Gasteiger partial charge in [-0.1, -0.05) is 73.7 Å². The Kier molecular flexibility index (Phi) is 12.8. The molecule has 5 aliphatic rings. The van der Waals surface area contributed by atoms with E-state index >= 15 is 0 Å². The number of rotatable bonds is 17. The van der Waals surface area contributed by atoms with E-state index in [1.165, 1.54) is 60.3 Å². The van der Waals surface area contributed by atoms with Crippen LogP contribution in [0.4, 0.5) is 0 Å². The highest BCUT2D eigenvalue weighted by Crippen LogP contribution is 2.45. The van der Waals surface area contributed by atoms with Crippen LogP contribution in [-0.2, 0) is 19.2 Å². The fourth-order valence-electron chi connectivity index (χ4n) is 10.3. The van der Waals surface area contributed by atoms with Crippen molar-refractivity contribution in [3.05, 3.63) is 194 Å². The molecule has 0 bridgehead atoms. The molecule has 8 amide bonds. The Hall–Kier alpha value is -8.77. The van der Waals surface area contributed by atoms with E-state index < -0.39 is 77.9 Å². The zero-order valence-electron chi connectivity index (χ0n) is 39.2. The summed E-state index contributed by atoms with van der Waals surface area (Å²) >= 11 is 1.38. The molecule has 73 heavy (non-hydrogen) atoms. The van der Waals surface area contributed by atoms with Crippen molar-refractivity contribution in [1.82, 2.24) is 24.7 Å². The van der Waals surface area contributed by atoms with Gasteiger partial charge in [0.2, 0.25) is 0 Å². The van der Waals surface area contributed by atoms with Gasteiger partial charge in [-0.05, 0) is 105 Å². The largest absolute Gasteiger partial charge is 0.462 e. The lowest BCUT2D eigenvalue weighted by molar-refractivity contribution is -0.159. The first-order valence-corrected chi connectivity index (χ1v) is 24.7. The maximum atomic E-state index is 14.8. The first-order valence-electron chi connectivity index (χ1n) is 23.4. The highest BCUT2D eigenvalue weighted by molar-refractivity contribution is 7.98. The van der Waals surface area contributed by atoms with E-state index in [1.807, 2.05) is 18.4 Å². The number of amides is 8. The molecule has 366 valence electrons. The topological polar surface area (TPSA) is 205 Å². The zero-order chi connectivity index (χ0) is 51.2. The average molecular weight is 998 g/mol. The Bertz CT molecular complexity index is 3040. The van der Waals surface area contributed by atoms with Crippen molar-refractivity contribution in [1.29, 1.82) is 0 Å². The summed E-state index contributed by atoms with van der Waals surface area (Å²) in [5, 5.41) is 1.07. The molecule has 5 aliphatic heterocycles. The van der Waals surface area contributed by atoms with Gasteiger partial charge >= 0.3 is 12.4 Å². The highest BCUT2D eigenvalue weighted by atomic mass is 32.2. The number of nitrogens with zero attached hydrogens (tertiary/aromatic N) is 5. The van der Waals surface area contributed by atoms with Crippen LogP contribution in [0.5, 0.6) is 0 Å². The van der Waals surface area contributed by atoms with E-state index in [9.17, 15) is 47.9 Å². The Morgan fingerprint density at radius 3 is 1.26 bits per heavy atom. The molecule has 5 heterocycles. The SMILES string of the molecule is CCCOC(=O)C1=C(CCC(N2C(=O)c3ccccc3C2=O)N2C(=O)c3ccccc3C2=O)N(OC=O)C(CCC(N2C(=O)c3ccccc3C2=O)N2C(=O)c3ccccc3C2=O)=CC1c1ccccc1SC. The van der Waals surface area contributed by atoms with Crippen LogP contribution in [0.25, 0.3) is 0 Å². The number of hydroxylamine groups is 2. The standard InChI is InChI=1S/C55H43N5O12S/c1-3-28-71-55(70)46-41(32-14-12-13-23-43(32)73-2)29-31(24-26-44(56-47(62)33-15-4-5-16-34(33)48(56)63)57-49(64)35-17-6-7-18-36(35)50(57)65)60(72-30-61)42(46)25-27-45(58-51(66)37-19-8-9-20-38(37)52(58)67)59-53(68)39-21-10-11-22-40(39)54(59)69/h4-23,29-30,41,44-45H,3,24-28H2,1-2H3. The second-order valence-electron chi connectivity index (χ2n) is 17.5. The fourth-order valence-corrected chi connectivity index (χ4v) is 10.9. The Morgan fingerprint density at radius 1 is 0.548 bits per heavy atom. The second kappa shape index (κ2) is 19.4. The van der Waals surface area contributed by atoms with Crippen LogP contribution in [0.2, 0.25) is 0 Å². The number of thioether (sulfide) groups is 1. The third-order valence-corrected chi connectivity index (χ3v) is 14.4. The number of hydrogen-bond donors (Lipinski definition) is 0. The second-order valence-corrected chi connectivity index (χ2v) is 18.4. The smallest absolute Gasteiger partial charge is 0.336 e. The van der Waals surface area contributed by atoms with Crippen LogP contribution >= 0.6 is 11.8 Å². The summed E-state index contributed by atoms with van der Waals surface area (Å²) in [6.45, 7) is 1.89. The number of imide groups is 4. The molecule has 1 atom stereocenters. The quantitative estimate of drug-likeness (QED) is 0.0386. The van der Waals surface area contributed by atoms with E-state index in [0.29, 0.717) is 12.0 Å². The average Bonchev–Trinajstić information content (AvgIpc) is 4.02. The summed E-state index contributed by atoms with van der Waals surface area (Å²) < 4.78 is 5.85. The van der Waals surface area contributed by atoms with Crippen molar-refractivity contribution < 1.29 is 57.5 Å². The minimum atomic E-state index is -1.60. The van der Waals surface area contributed by atoms with Gasteiger partial charge in [0.25, 0.3) is 47.3 Å². The third-order valence-electron chi connectivity index (χ3n) is 13.6. The molecule has 0 spiro atoms. The number of carbonyl (C=O) groups excluding carboxylic acids is 10. The first-order chi connectivity index (χ1) is 35.4. The molecule has 0 fully saturated rings. The van der Waals surface area contributed by atoms with Crippen molar-refractivity contribution in [2.24, 2.45) is 0 Å². The Morgan fingerprint density at radius 2 is 0.904 bits per heavy atom. The minimum Gasteiger partial charge on any atom is -0.462 e. The van der Waals surface area contributed by atoms with Crippen LogP contribution in [0.3, 0.4) is 0 Å². The number of carbonyl (C=O) groups is 10. The van der Waals surface area contributed by atoms with E-state index in [0.717, 1.165) is 29.6 Å². The minimum absolute atomic E-state index is 0.0213. The summed E-state index contributed by atoms with van der Waals surface area (Å²) in [6, 6.07) is 31.6. The van der Waals surface area contributed by atoms with Crippen molar-refractivity contribution >= 4 is 71.5 Å². The molecular formula is C55H43N5O12S. The highest BCUT2D eigenvalue weighted by Gasteiger charge is 2.51. The molecule has 0 aromatic heterocycles. The van der Waals surface area contributed by atoms with Crippen molar-refractivity contribution in [2.75, 3.05) is 12.9 Å². The van der Waals surface area contributed by atoms with Gasteiger partial charge < -0.3 is 9.57 Å². The van der Waals surface area contributed by atoms with Gasteiger partial charge in [0, 0.05) is 10.8 Å². The van der Waals surface area contributed by atoms with Gasteiger partial charge in [-0.25, -0.2) is 4.79 Å². The normalized spacial score (nSPS) is 17.1. The predicted octanol–water partition coefficient (Wildman–Crippen LogP) is 7.38. The molecule has 0 saturated heterocycles. The molecule has 18 heteroatoms. The van der Waals surface area contributed by atoms with Crippen molar-refractivity contribution in [3.63, 3.8) is 0 Å². The summed E-state index contributed by atoms with van der Waals surface area (Å²) in [4.78, 5) is 152. The fraction of sp³-hybridized carbons (Fsp3) is 0.200. The summed E-state index contributed by atoms with van der Waals surface area (Å²) in [7, 11) is 0. The lowest BCUT2D eigenvalue weighted by atomic mass is 9.84. The molecule has 5 aromatic rings. The number of fused-ring (bicyclic) bond motifs is 4. The molecule has 0 radical (unpaired) electrons. The number of ether oxygens (including phenoxy) is 1. The molecular weight excluding hydrogens is 955 g/mol. The molecule has 17 nitrogen and oxygen atoms in total. The van der Waals surface area contributed by atoms with Gasteiger partial charge in [0.15, 0.2) is 0 Å². The first kappa shape index (κ1) is 47.9. The van der Waals surface area contributed by atoms with Crippen molar-refractivity contribution in [3.8, 4) is 0 Å². The Balaban J connectivity index is 1.10. The van der Waals surface area contributed by atoms with Gasteiger partial charge in [0.1, 0.15) is 12.3 Å². The van der Waals surface area contributed by atoms with Crippen LogP contribution in [0, 0.1) is 0 Å². The monoisotopic (exact) mass is 997 g/mol. The van der Waals surface area contributed by atoms with E-state index in [-0.39, 0.29) is 93.8 Å². The summed E-state index contributed by atoms with van der Waals surface area (Å²) in [5.74, 6) is -7.90. The predicted molar refractivity (Wildman–Crippen MR) is 260 cm³/mol. The number of esters is 1. The van der Waals surface area contributed by atoms with Gasteiger partial charge in [-0.3, -0.25) is 62.8 Å². The molecule has 0 saturated carbocycles. The maximum absolute atomic E-state index is 14.8. The van der Waals surface area contributed by atoms with Crippen LogP contribution in [0.1, 0.15) is 133 Å². The molecule has 0 aliphatic carbocycles. The number of hydrogen-bond acceptors (Lipinski definition) is 14.